The van der Waals surface area contributed by atoms with Gasteiger partial charge in [0, 0.05) is 39.5 Å². The van der Waals surface area contributed by atoms with Crippen molar-refractivity contribution in [1.29, 1.82) is 0 Å². The van der Waals surface area contributed by atoms with Gasteiger partial charge in [-0.2, -0.15) is 0 Å². The Morgan fingerprint density at radius 2 is 1.68 bits per heavy atom. The van der Waals surface area contributed by atoms with E-state index in [4.69, 9.17) is 0 Å². The third kappa shape index (κ3) is 4.02. The van der Waals surface area contributed by atoms with Crippen LogP contribution >= 0.6 is 0 Å². The molecule has 4 heteroatoms. The highest BCUT2D eigenvalue weighted by molar-refractivity contribution is 5.77. The first-order chi connectivity index (χ1) is 10.3. The Bertz CT molecular complexity index is 411. The molecule has 1 saturated carbocycles. The zero-order valence-electron chi connectivity index (χ0n) is 14.7. The number of carbonyl (C=O) groups is 2. The maximum absolute atomic E-state index is 12.5. The molecule has 0 aromatic carbocycles. The highest BCUT2D eigenvalue weighted by Gasteiger charge is 2.37. The molecule has 4 nitrogen and oxygen atoms in total. The number of nitrogens with zero attached hydrogens (tertiary/aromatic N) is 2. The average molecular weight is 308 g/mol. The van der Waals surface area contributed by atoms with E-state index in [0.29, 0.717) is 43.9 Å². The number of piperazine rings is 1. The van der Waals surface area contributed by atoms with Crippen LogP contribution in [-0.2, 0) is 9.59 Å². The third-order valence-electron chi connectivity index (χ3n) is 5.92. The van der Waals surface area contributed by atoms with Gasteiger partial charge in [-0.15, -0.1) is 0 Å². The fraction of sp³-hybridized carbons (Fsp3) is 0.889. The molecule has 1 aliphatic heterocycles. The summed E-state index contributed by atoms with van der Waals surface area (Å²) in [6.07, 6.45) is 5.59. The summed E-state index contributed by atoms with van der Waals surface area (Å²) >= 11 is 0. The molecule has 0 bridgehead atoms. The minimum Gasteiger partial charge on any atom is -0.339 e. The summed E-state index contributed by atoms with van der Waals surface area (Å²) in [6.45, 7) is 11.4. The standard InChI is InChI=1S/C18H32N2O2/c1-14-6-5-9-18(3,4)16(14)7-8-17(22)20-12-10-19(11-13-20)15(2)21/h14,16H,5-13H2,1-4H3/t14-,16+/m1/s1. The van der Waals surface area contributed by atoms with E-state index in [-0.39, 0.29) is 11.8 Å². The molecule has 22 heavy (non-hydrogen) atoms. The SMILES string of the molecule is CC(=O)N1CCN(C(=O)CC[C@H]2[C@H](C)CCCC2(C)C)CC1. The zero-order valence-corrected chi connectivity index (χ0v) is 14.7. The van der Waals surface area contributed by atoms with Crippen molar-refractivity contribution in [2.75, 3.05) is 26.2 Å². The smallest absolute Gasteiger partial charge is 0.222 e. The molecule has 0 aromatic heterocycles. The average Bonchev–Trinajstić information content (AvgIpc) is 2.46. The minimum absolute atomic E-state index is 0.116. The molecule has 126 valence electrons. The van der Waals surface area contributed by atoms with Gasteiger partial charge in [-0.3, -0.25) is 9.59 Å². The lowest BCUT2D eigenvalue weighted by Gasteiger charge is -2.43. The van der Waals surface area contributed by atoms with Gasteiger partial charge in [0.15, 0.2) is 0 Å². The predicted octanol–water partition coefficient (Wildman–Crippen LogP) is 2.92. The van der Waals surface area contributed by atoms with E-state index in [1.54, 1.807) is 6.92 Å². The van der Waals surface area contributed by atoms with Gasteiger partial charge in [0.2, 0.25) is 11.8 Å². The van der Waals surface area contributed by atoms with Gasteiger partial charge in [0.1, 0.15) is 0 Å². The van der Waals surface area contributed by atoms with Crippen LogP contribution in [0.1, 0.15) is 59.8 Å². The topological polar surface area (TPSA) is 40.6 Å². The summed E-state index contributed by atoms with van der Waals surface area (Å²) in [6, 6.07) is 0. The summed E-state index contributed by atoms with van der Waals surface area (Å²) in [5.41, 5.74) is 0.366. The summed E-state index contributed by atoms with van der Waals surface area (Å²) in [5.74, 6) is 1.77. The summed E-state index contributed by atoms with van der Waals surface area (Å²) < 4.78 is 0. The second kappa shape index (κ2) is 7.01. The van der Waals surface area contributed by atoms with Crippen LogP contribution in [0, 0.1) is 17.3 Å². The molecule has 2 amide bonds. The van der Waals surface area contributed by atoms with Gasteiger partial charge in [0.05, 0.1) is 0 Å². The van der Waals surface area contributed by atoms with E-state index in [1.807, 2.05) is 9.80 Å². The van der Waals surface area contributed by atoms with Crippen LogP contribution in [0.25, 0.3) is 0 Å². The molecular weight excluding hydrogens is 276 g/mol. The maximum atomic E-state index is 12.5. The molecule has 0 unspecified atom stereocenters. The highest BCUT2D eigenvalue weighted by atomic mass is 16.2. The van der Waals surface area contributed by atoms with Crippen molar-refractivity contribution in [3.63, 3.8) is 0 Å². The molecule has 2 fully saturated rings. The Labute approximate surface area is 135 Å². The molecule has 0 radical (unpaired) electrons. The van der Waals surface area contributed by atoms with Crippen LogP contribution in [0.3, 0.4) is 0 Å². The molecule has 2 aliphatic rings. The van der Waals surface area contributed by atoms with Crippen LogP contribution < -0.4 is 0 Å². The Morgan fingerprint density at radius 1 is 1.09 bits per heavy atom. The van der Waals surface area contributed by atoms with E-state index in [9.17, 15) is 9.59 Å². The molecule has 0 N–H and O–H groups in total. The summed E-state index contributed by atoms with van der Waals surface area (Å²) in [4.78, 5) is 27.6. The van der Waals surface area contributed by atoms with E-state index in [2.05, 4.69) is 20.8 Å². The lowest BCUT2D eigenvalue weighted by Crippen LogP contribution is -2.50. The van der Waals surface area contributed by atoms with E-state index in [1.165, 1.54) is 19.3 Å². The molecule has 1 heterocycles. The summed E-state index contributed by atoms with van der Waals surface area (Å²) in [5, 5.41) is 0. The fourth-order valence-electron chi connectivity index (χ4n) is 4.42. The van der Waals surface area contributed by atoms with Gasteiger partial charge in [0.25, 0.3) is 0 Å². The fourth-order valence-corrected chi connectivity index (χ4v) is 4.42. The molecular formula is C18H32N2O2. The second-order valence-corrected chi connectivity index (χ2v) is 7.89. The van der Waals surface area contributed by atoms with E-state index in [0.717, 1.165) is 12.3 Å². The van der Waals surface area contributed by atoms with Gasteiger partial charge < -0.3 is 9.80 Å². The lowest BCUT2D eigenvalue weighted by molar-refractivity contribution is -0.138. The molecule has 2 rings (SSSR count). The number of hydrogen-bond acceptors (Lipinski definition) is 2. The number of hydrogen-bond donors (Lipinski definition) is 0. The van der Waals surface area contributed by atoms with Crippen LogP contribution in [0.2, 0.25) is 0 Å². The van der Waals surface area contributed by atoms with Crippen molar-refractivity contribution in [3.8, 4) is 0 Å². The molecule has 2 atom stereocenters. The van der Waals surface area contributed by atoms with Crippen molar-refractivity contribution >= 4 is 11.8 Å². The first-order valence-corrected chi connectivity index (χ1v) is 8.84. The normalized spacial score (nSPS) is 28.5. The monoisotopic (exact) mass is 308 g/mol. The van der Waals surface area contributed by atoms with Crippen LogP contribution in [0.15, 0.2) is 0 Å². The molecule has 0 spiro atoms. The highest BCUT2D eigenvalue weighted by Crippen LogP contribution is 2.46. The van der Waals surface area contributed by atoms with Gasteiger partial charge in [-0.05, 0) is 30.1 Å². The van der Waals surface area contributed by atoms with Crippen molar-refractivity contribution in [2.45, 2.75) is 59.8 Å². The first-order valence-electron chi connectivity index (χ1n) is 8.84. The quantitative estimate of drug-likeness (QED) is 0.804. The van der Waals surface area contributed by atoms with Gasteiger partial charge >= 0.3 is 0 Å². The van der Waals surface area contributed by atoms with Crippen molar-refractivity contribution in [2.24, 2.45) is 17.3 Å². The molecule has 0 aromatic rings. The van der Waals surface area contributed by atoms with E-state index >= 15 is 0 Å². The second-order valence-electron chi connectivity index (χ2n) is 7.89. The minimum atomic E-state index is 0.116. The maximum Gasteiger partial charge on any atom is 0.222 e. The van der Waals surface area contributed by atoms with Crippen LogP contribution in [0.4, 0.5) is 0 Å². The molecule has 1 saturated heterocycles. The largest absolute Gasteiger partial charge is 0.339 e. The van der Waals surface area contributed by atoms with Crippen LogP contribution in [0.5, 0.6) is 0 Å². The van der Waals surface area contributed by atoms with Crippen molar-refractivity contribution < 1.29 is 9.59 Å². The molecule has 1 aliphatic carbocycles. The van der Waals surface area contributed by atoms with Gasteiger partial charge in [-0.25, -0.2) is 0 Å². The Hall–Kier alpha value is -1.06. The Morgan fingerprint density at radius 3 is 2.23 bits per heavy atom. The Kier molecular flexibility index (Phi) is 5.51. The summed E-state index contributed by atoms with van der Waals surface area (Å²) in [7, 11) is 0. The third-order valence-corrected chi connectivity index (χ3v) is 5.92. The van der Waals surface area contributed by atoms with E-state index < -0.39 is 0 Å². The number of rotatable bonds is 3. The van der Waals surface area contributed by atoms with Gasteiger partial charge in [-0.1, -0.05) is 33.6 Å². The van der Waals surface area contributed by atoms with Crippen LogP contribution in [-0.4, -0.2) is 47.8 Å². The first kappa shape index (κ1) is 17.3. The zero-order chi connectivity index (χ0) is 16.3. The van der Waals surface area contributed by atoms with Crippen molar-refractivity contribution in [1.82, 2.24) is 9.80 Å². The number of amides is 2. The Balaban J connectivity index is 1.81. The van der Waals surface area contributed by atoms with Crippen molar-refractivity contribution in [3.05, 3.63) is 0 Å². The number of carbonyl (C=O) groups excluding carboxylic acids is 2. The predicted molar refractivity (Wildman–Crippen MR) is 88.4 cm³/mol. The lowest BCUT2D eigenvalue weighted by atomic mass is 9.62.